The molecule has 1 fully saturated rings. The molecule has 0 saturated carbocycles. The summed E-state index contributed by atoms with van der Waals surface area (Å²) in [4.78, 5) is 2.46. The Hall–Kier alpha value is -0.240. The Labute approximate surface area is 101 Å². The number of benzene rings is 1. The maximum Gasteiger partial charge on any atom is 0.0465 e. The van der Waals surface area contributed by atoms with Crippen LogP contribution in [0.2, 0.25) is 10.0 Å². The van der Waals surface area contributed by atoms with Crippen LogP contribution in [0.4, 0.5) is 0 Å². The first-order chi connectivity index (χ1) is 7.25. The highest BCUT2D eigenvalue weighted by molar-refractivity contribution is 6.35. The van der Waals surface area contributed by atoms with Gasteiger partial charge in [0.25, 0.3) is 0 Å². The van der Waals surface area contributed by atoms with Crippen LogP contribution in [0.25, 0.3) is 0 Å². The second kappa shape index (κ2) is 5.20. The highest BCUT2D eigenvalue weighted by atomic mass is 35.5. The van der Waals surface area contributed by atoms with Gasteiger partial charge in [0.2, 0.25) is 0 Å². The van der Waals surface area contributed by atoms with Crippen LogP contribution in [-0.2, 0) is 6.54 Å². The molecule has 0 N–H and O–H groups in total. The van der Waals surface area contributed by atoms with Gasteiger partial charge in [0, 0.05) is 16.6 Å². The van der Waals surface area contributed by atoms with E-state index in [2.05, 4.69) is 4.90 Å². The molecule has 82 valence electrons. The minimum atomic E-state index is 0.711. The molecule has 1 saturated heterocycles. The normalized spacial score (nSPS) is 18.0. The Morgan fingerprint density at radius 1 is 1.07 bits per heavy atom. The summed E-state index contributed by atoms with van der Waals surface area (Å²) in [6, 6.07) is 5.76. The van der Waals surface area contributed by atoms with Crippen molar-refractivity contribution in [1.29, 1.82) is 0 Å². The first-order valence-electron chi connectivity index (χ1n) is 5.42. The predicted octanol–water partition coefficient (Wildman–Crippen LogP) is 3.98. The number of halogens is 2. The summed E-state index contributed by atoms with van der Waals surface area (Å²) in [6.07, 6.45) is 3.99. The molecule has 1 aromatic rings. The first-order valence-corrected chi connectivity index (χ1v) is 6.17. The summed E-state index contributed by atoms with van der Waals surface area (Å²) in [6.45, 7) is 3.34. The van der Waals surface area contributed by atoms with Gasteiger partial charge in [-0.3, -0.25) is 4.90 Å². The number of rotatable bonds is 2. The van der Waals surface area contributed by atoms with Crippen molar-refractivity contribution in [3.63, 3.8) is 0 Å². The zero-order chi connectivity index (χ0) is 10.7. The van der Waals surface area contributed by atoms with Crippen molar-refractivity contribution in [1.82, 2.24) is 4.90 Å². The van der Waals surface area contributed by atoms with Crippen molar-refractivity contribution in [2.45, 2.75) is 25.8 Å². The zero-order valence-corrected chi connectivity index (χ0v) is 10.2. The Balaban J connectivity index is 2.03. The predicted molar refractivity (Wildman–Crippen MR) is 65.6 cm³/mol. The Bertz CT molecular complexity index is 332. The van der Waals surface area contributed by atoms with E-state index < -0.39 is 0 Å². The van der Waals surface area contributed by atoms with Crippen LogP contribution in [0.5, 0.6) is 0 Å². The Morgan fingerprint density at radius 2 is 1.80 bits per heavy atom. The third-order valence-electron chi connectivity index (χ3n) is 2.86. The molecule has 1 aliphatic heterocycles. The molecule has 1 nitrogen and oxygen atoms in total. The van der Waals surface area contributed by atoms with Crippen LogP contribution in [0.1, 0.15) is 24.8 Å². The van der Waals surface area contributed by atoms with Crippen LogP contribution in [0.3, 0.4) is 0 Å². The van der Waals surface area contributed by atoms with Gasteiger partial charge in [-0.25, -0.2) is 0 Å². The third kappa shape index (κ3) is 3.10. The highest BCUT2D eigenvalue weighted by Gasteiger charge is 2.11. The lowest BCUT2D eigenvalue weighted by atomic mass is 10.1. The van der Waals surface area contributed by atoms with E-state index in [1.54, 1.807) is 0 Å². The zero-order valence-electron chi connectivity index (χ0n) is 8.68. The smallest absolute Gasteiger partial charge is 0.0465 e. The van der Waals surface area contributed by atoms with E-state index >= 15 is 0 Å². The highest BCUT2D eigenvalue weighted by Crippen LogP contribution is 2.23. The van der Waals surface area contributed by atoms with Gasteiger partial charge in [0.05, 0.1) is 0 Å². The van der Waals surface area contributed by atoms with E-state index in [1.807, 2.05) is 18.2 Å². The largest absolute Gasteiger partial charge is 0.299 e. The van der Waals surface area contributed by atoms with E-state index in [-0.39, 0.29) is 0 Å². The second-order valence-corrected chi connectivity index (χ2v) is 4.92. The molecule has 0 radical (unpaired) electrons. The van der Waals surface area contributed by atoms with Gasteiger partial charge in [0.1, 0.15) is 0 Å². The van der Waals surface area contributed by atoms with Crippen LogP contribution >= 0.6 is 23.2 Å². The lowest BCUT2D eigenvalue weighted by molar-refractivity contribution is 0.221. The summed E-state index contributed by atoms with van der Waals surface area (Å²) in [7, 11) is 0. The molecule has 3 heteroatoms. The van der Waals surface area contributed by atoms with E-state index in [4.69, 9.17) is 23.2 Å². The lowest BCUT2D eigenvalue weighted by Crippen LogP contribution is -2.29. The second-order valence-electron chi connectivity index (χ2n) is 4.07. The maximum absolute atomic E-state index is 6.14. The molecular weight excluding hydrogens is 229 g/mol. The van der Waals surface area contributed by atoms with Crippen molar-refractivity contribution in [3.05, 3.63) is 33.8 Å². The fourth-order valence-corrected chi connectivity index (χ4v) is 2.48. The van der Waals surface area contributed by atoms with Gasteiger partial charge >= 0.3 is 0 Å². The standard InChI is InChI=1S/C12H15Cl2N/c13-11-5-4-10(12(14)8-11)9-15-6-2-1-3-7-15/h4-5,8H,1-3,6-7,9H2. The van der Waals surface area contributed by atoms with Crippen molar-refractivity contribution in [3.8, 4) is 0 Å². The average molecular weight is 244 g/mol. The van der Waals surface area contributed by atoms with Crippen molar-refractivity contribution in [2.24, 2.45) is 0 Å². The Kier molecular flexibility index (Phi) is 3.90. The van der Waals surface area contributed by atoms with Gasteiger partial charge in [-0.15, -0.1) is 0 Å². The molecule has 0 unspecified atom stereocenters. The summed E-state index contributed by atoms with van der Waals surface area (Å²) >= 11 is 12.0. The molecule has 1 heterocycles. The third-order valence-corrected chi connectivity index (χ3v) is 3.44. The number of piperidine rings is 1. The molecule has 0 spiro atoms. The molecule has 2 rings (SSSR count). The summed E-state index contributed by atoms with van der Waals surface area (Å²) in [5.41, 5.74) is 1.18. The maximum atomic E-state index is 6.14. The van der Waals surface area contributed by atoms with Gasteiger partial charge in [-0.1, -0.05) is 35.7 Å². The Morgan fingerprint density at radius 3 is 2.47 bits per heavy atom. The van der Waals surface area contributed by atoms with Crippen molar-refractivity contribution in [2.75, 3.05) is 13.1 Å². The molecule has 0 atom stereocenters. The van der Waals surface area contributed by atoms with Crippen molar-refractivity contribution < 1.29 is 0 Å². The molecule has 0 bridgehead atoms. The van der Waals surface area contributed by atoms with E-state index in [1.165, 1.54) is 37.9 Å². The van der Waals surface area contributed by atoms with Gasteiger partial charge in [-0.05, 0) is 43.6 Å². The molecule has 0 aliphatic carbocycles. The number of nitrogens with zero attached hydrogens (tertiary/aromatic N) is 1. The molecular formula is C12H15Cl2N. The monoisotopic (exact) mass is 243 g/mol. The minimum absolute atomic E-state index is 0.711. The molecule has 0 aromatic heterocycles. The van der Waals surface area contributed by atoms with E-state index in [0.29, 0.717) is 5.02 Å². The number of hydrogen-bond acceptors (Lipinski definition) is 1. The molecule has 1 aromatic carbocycles. The summed E-state index contributed by atoms with van der Waals surface area (Å²) < 4.78 is 0. The van der Waals surface area contributed by atoms with Gasteiger partial charge in [-0.2, -0.15) is 0 Å². The summed E-state index contributed by atoms with van der Waals surface area (Å²) in [5.74, 6) is 0. The van der Waals surface area contributed by atoms with Crippen LogP contribution in [-0.4, -0.2) is 18.0 Å². The fourth-order valence-electron chi connectivity index (χ4n) is 2.01. The van der Waals surface area contributed by atoms with Crippen LogP contribution < -0.4 is 0 Å². The van der Waals surface area contributed by atoms with Gasteiger partial charge < -0.3 is 0 Å². The fraction of sp³-hybridized carbons (Fsp3) is 0.500. The first kappa shape index (κ1) is 11.3. The van der Waals surface area contributed by atoms with Gasteiger partial charge in [0.15, 0.2) is 0 Å². The van der Waals surface area contributed by atoms with E-state index in [0.717, 1.165) is 11.6 Å². The number of hydrogen-bond donors (Lipinski definition) is 0. The van der Waals surface area contributed by atoms with Crippen LogP contribution in [0.15, 0.2) is 18.2 Å². The van der Waals surface area contributed by atoms with Crippen LogP contribution in [0, 0.1) is 0 Å². The molecule has 1 aliphatic rings. The quantitative estimate of drug-likeness (QED) is 0.760. The molecule has 15 heavy (non-hydrogen) atoms. The summed E-state index contributed by atoms with van der Waals surface area (Å²) in [5, 5.41) is 1.50. The topological polar surface area (TPSA) is 3.24 Å². The SMILES string of the molecule is Clc1ccc(CN2CCCCC2)c(Cl)c1. The van der Waals surface area contributed by atoms with Crippen molar-refractivity contribution >= 4 is 23.2 Å². The minimum Gasteiger partial charge on any atom is -0.299 e. The number of likely N-dealkylation sites (tertiary alicyclic amines) is 1. The molecule has 0 amide bonds. The lowest BCUT2D eigenvalue weighted by Gasteiger charge is -2.26. The van der Waals surface area contributed by atoms with E-state index in [9.17, 15) is 0 Å². The average Bonchev–Trinajstić information content (AvgIpc) is 2.24.